The lowest BCUT2D eigenvalue weighted by Gasteiger charge is -2.21. The highest BCUT2D eigenvalue weighted by atomic mass is 35.5. The van der Waals surface area contributed by atoms with Gasteiger partial charge in [-0.3, -0.25) is 4.79 Å². The molecular formula is C12H12ClNO5. The highest BCUT2D eigenvalue weighted by Gasteiger charge is 2.39. The van der Waals surface area contributed by atoms with Gasteiger partial charge in [0.05, 0.1) is 11.7 Å². The lowest BCUT2D eigenvalue weighted by molar-refractivity contribution is -0.141. The van der Waals surface area contributed by atoms with E-state index in [9.17, 15) is 19.8 Å². The predicted octanol–water partition coefficient (Wildman–Crippen LogP) is 0.706. The number of phenols is 1. The van der Waals surface area contributed by atoms with Crippen molar-refractivity contribution in [1.82, 2.24) is 4.90 Å². The lowest BCUT2D eigenvalue weighted by Crippen LogP contribution is -2.40. The molecule has 7 heteroatoms. The summed E-state index contributed by atoms with van der Waals surface area (Å²) in [6.07, 6.45) is -0.908. The van der Waals surface area contributed by atoms with Crippen LogP contribution >= 0.6 is 11.6 Å². The Morgan fingerprint density at radius 2 is 2.05 bits per heavy atom. The molecule has 1 saturated heterocycles. The van der Waals surface area contributed by atoms with Crippen LogP contribution in [0.1, 0.15) is 16.8 Å². The van der Waals surface area contributed by atoms with E-state index in [-0.39, 0.29) is 29.3 Å². The van der Waals surface area contributed by atoms with Gasteiger partial charge >= 0.3 is 5.97 Å². The third-order valence-electron chi connectivity index (χ3n) is 3.01. The van der Waals surface area contributed by atoms with Crippen LogP contribution in [0.5, 0.6) is 5.75 Å². The zero-order valence-corrected chi connectivity index (χ0v) is 10.5. The molecule has 0 spiro atoms. The van der Waals surface area contributed by atoms with Gasteiger partial charge in [0.2, 0.25) is 0 Å². The minimum Gasteiger partial charge on any atom is -0.507 e. The van der Waals surface area contributed by atoms with Gasteiger partial charge in [0, 0.05) is 18.0 Å². The third kappa shape index (κ3) is 2.64. The first-order valence-electron chi connectivity index (χ1n) is 5.60. The predicted molar refractivity (Wildman–Crippen MR) is 66.2 cm³/mol. The number of rotatable bonds is 2. The van der Waals surface area contributed by atoms with Gasteiger partial charge in [0.25, 0.3) is 5.91 Å². The number of aromatic hydroxyl groups is 1. The number of nitrogens with zero attached hydrogens (tertiary/aromatic N) is 1. The number of benzene rings is 1. The van der Waals surface area contributed by atoms with Crippen molar-refractivity contribution in [2.45, 2.75) is 18.6 Å². The van der Waals surface area contributed by atoms with Gasteiger partial charge in [-0.2, -0.15) is 0 Å². The van der Waals surface area contributed by atoms with Gasteiger partial charge in [-0.25, -0.2) is 4.79 Å². The summed E-state index contributed by atoms with van der Waals surface area (Å²) in [5, 5.41) is 28.4. The van der Waals surface area contributed by atoms with Gasteiger partial charge in [-0.1, -0.05) is 11.6 Å². The van der Waals surface area contributed by atoms with Crippen LogP contribution in [0.3, 0.4) is 0 Å². The van der Waals surface area contributed by atoms with Crippen LogP contribution in [0.4, 0.5) is 0 Å². The number of carboxylic acid groups (broad SMARTS) is 1. The fraction of sp³-hybridized carbons (Fsp3) is 0.333. The number of amides is 1. The molecule has 19 heavy (non-hydrogen) atoms. The number of carbonyl (C=O) groups is 2. The van der Waals surface area contributed by atoms with Crippen molar-refractivity contribution in [3.8, 4) is 5.75 Å². The molecule has 2 atom stereocenters. The summed E-state index contributed by atoms with van der Waals surface area (Å²) in [6.45, 7) is -0.0816. The van der Waals surface area contributed by atoms with Gasteiger partial charge in [0.1, 0.15) is 11.8 Å². The minimum atomic E-state index is -1.19. The molecule has 1 aliphatic rings. The van der Waals surface area contributed by atoms with E-state index in [1.807, 2.05) is 0 Å². The highest BCUT2D eigenvalue weighted by molar-refractivity contribution is 6.31. The van der Waals surface area contributed by atoms with Crippen LogP contribution in [0, 0.1) is 0 Å². The fourth-order valence-corrected chi connectivity index (χ4v) is 2.28. The standard InChI is InChI=1S/C12H12ClNO5/c13-6-1-2-10(16)8(3-6)11(17)14-5-7(15)4-9(14)12(18)19/h1-3,7,9,15-16H,4-5H2,(H,18,19)/t7-,9+/m1/s1. The number of carbonyl (C=O) groups excluding carboxylic acids is 1. The molecule has 1 heterocycles. The fourth-order valence-electron chi connectivity index (χ4n) is 2.11. The summed E-state index contributed by atoms with van der Waals surface area (Å²) in [7, 11) is 0. The van der Waals surface area contributed by atoms with Crippen LogP contribution in [-0.2, 0) is 4.79 Å². The normalized spacial score (nSPS) is 22.5. The molecule has 0 radical (unpaired) electrons. The maximum absolute atomic E-state index is 12.2. The number of phenolic OH excluding ortho intramolecular Hbond substituents is 1. The second-order valence-electron chi connectivity index (χ2n) is 4.36. The molecule has 102 valence electrons. The van der Waals surface area contributed by atoms with E-state index in [0.29, 0.717) is 0 Å². The number of aliphatic carboxylic acids is 1. The molecule has 6 nitrogen and oxygen atoms in total. The average Bonchev–Trinajstić information content (AvgIpc) is 2.74. The van der Waals surface area contributed by atoms with Crippen LogP contribution < -0.4 is 0 Å². The maximum Gasteiger partial charge on any atom is 0.326 e. The SMILES string of the molecule is O=C(O)[C@@H]1C[C@@H](O)CN1C(=O)c1cc(Cl)ccc1O. The molecule has 0 bridgehead atoms. The molecule has 1 aromatic rings. The molecule has 1 amide bonds. The summed E-state index contributed by atoms with van der Waals surface area (Å²) in [5.74, 6) is -2.13. The number of likely N-dealkylation sites (tertiary alicyclic amines) is 1. The molecule has 1 aliphatic heterocycles. The summed E-state index contributed by atoms with van der Waals surface area (Å²) in [4.78, 5) is 24.3. The Bertz CT molecular complexity index is 533. The molecular weight excluding hydrogens is 274 g/mol. The second kappa shape index (κ2) is 5.07. The number of β-amino-alcohol motifs (C(OH)–C–C–N with tert-alkyl or cyclic N) is 1. The van der Waals surface area contributed by atoms with Crippen molar-refractivity contribution >= 4 is 23.5 Å². The van der Waals surface area contributed by atoms with Crippen molar-refractivity contribution < 1.29 is 24.9 Å². The van der Waals surface area contributed by atoms with E-state index in [4.69, 9.17) is 16.7 Å². The minimum absolute atomic E-state index is 0.0254. The Balaban J connectivity index is 2.33. The summed E-state index contributed by atoms with van der Waals surface area (Å²) in [5.41, 5.74) is -0.0761. The van der Waals surface area contributed by atoms with Crippen molar-refractivity contribution in [3.05, 3.63) is 28.8 Å². The maximum atomic E-state index is 12.2. The van der Waals surface area contributed by atoms with Crippen molar-refractivity contribution in [1.29, 1.82) is 0 Å². The van der Waals surface area contributed by atoms with Crippen molar-refractivity contribution in [2.75, 3.05) is 6.54 Å². The Labute approximate surface area is 113 Å². The third-order valence-corrected chi connectivity index (χ3v) is 3.25. The number of aliphatic hydroxyl groups is 1. The number of aliphatic hydroxyl groups excluding tert-OH is 1. The molecule has 1 aromatic carbocycles. The largest absolute Gasteiger partial charge is 0.507 e. The number of hydrogen-bond acceptors (Lipinski definition) is 4. The summed E-state index contributed by atoms with van der Waals surface area (Å²) >= 11 is 5.75. The van der Waals surface area contributed by atoms with Gasteiger partial charge < -0.3 is 20.2 Å². The number of halogens is 1. The van der Waals surface area contributed by atoms with Crippen molar-refractivity contribution in [3.63, 3.8) is 0 Å². The number of hydrogen-bond donors (Lipinski definition) is 3. The molecule has 1 fully saturated rings. The lowest BCUT2D eigenvalue weighted by atomic mass is 10.1. The Morgan fingerprint density at radius 3 is 2.68 bits per heavy atom. The second-order valence-corrected chi connectivity index (χ2v) is 4.80. The highest BCUT2D eigenvalue weighted by Crippen LogP contribution is 2.27. The van der Waals surface area contributed by atoms with Gasteiger partial charge in [-0.05, 0) is 18.2 Å². The Hall–Kier alpha value is -1.79. The van der Waals surface area contributed by atoms with Crippen LogP contribution in [0.25, 0.3) is 0 Å². The van der Waals surface area contributed by atoms with Gasteiger partial charge in [0.15, 0.2) is 0 Å². The van der Waals surface area contributed by atoms with E-state index in [0.717, 1.165) is 4.90 Å². The molecule has 0 saturated carbocycles. The van der Waals surface area contributed by atoms with E-state index in [1.54, 1.807) is 0 Å². The first kappa shape index (κ1) is 13.6. The quantitative estimate of drug-likeness (QED) is 0.743. The van der Waals surface area contributed by atoms with Crippen LogP contribution in [0.2, 0.25) is 5.02 Å². The summed E-state index contributed by atoms with van der Waals surface area (Å²) < 4.78 is 0. The van der Waals surface area contributed by atoms with E-state index < -0.39 is 24.0 Å². The molecule has 2 rings (SSSR count). The smallest absolute Gasteiger partial charge is 0.326 e. The molecule has 3 N–H and O–H groups in total. The van der Waals surface area contributed by atoms with Crippen molar-refractivity contribution in [2.24, 2.45) is 0 Å². The molecule has 0 aromatic heterocycles. The topological polar surface area (TPSA) is 98.1 Å². The first-order chi connectivity index (χ1) is 8.90. The van der Waals surface area contributed by atoms with Crippen LogP contribution in [0.15, 0.2) is 18.2 Å². The Morgan fingerprint density at radius 1 is 1.37 bits per heavy atom. The zero-order valence-electron chi connectivity index (χ0n) is 9.78. The van der Waals surface area contributed by atoms with Gasteiger partial charge in [-0.15, -0.1) is 0 Å². The number of carboxylic acids is 1. The van der Waals surface area contributed by atoms with Crippen LogP contribution in [-0.4, -0.2) is 50.8 Å². The monoisotopic (exact) mass is 285 g/mol. The Kier molecular flexibility index (Phi) is 3.64. The van der Waals surface area contributed by atoms with E-state index in [1.165, 1.54) is 18.2 Å². The van der Waals surface area contributed by atoms with E-state index >= 15 is 0 Å². The first-order valence-corrected chi connectivity index (χ1v) is 5.98. The zero-order chi connectivity index (χ0) is 14.2. The molecule has 0 unspecified atom stereocenters. The van der Waals surface area contributed by atoms with E-state index in [2.05, 4.69) is 0 Å². The average molecular weight is 286 g/mol. The molecule has 0 aliphatic carbocycles. The summed E-state index contributed by atoms with van der Waals surface area (Å²) in [6, 6.07) is 2.85.